The van der Waals surface area contributed by atoms with Crippen LogP contribution < -0.4 is 0 Å². The first kappa shape index (κ1) is 17.9. The molecule has 0 aliphatic heterocycles. The molecule has 0 bridgehead atoms. The van der Waals surface area contributed by atoms with Crippen LogP contribution in [-0.2, 0) is 9.84 Å². The minimum absolute atomic E-state index is 0.0800. The summed E-state index contributed by atoms with van der Waals surface area (Å²) in [6.07, 6.45) is 0.390. The third kappa shape index (κ3) is 4.77. The smallest absolute Gasteiger partial charge is 0.179 e. The zero-order valence-corrected chi connectivity index (χ0v) is 14.3. The predicted molar refractivity (Wildman–Crippen MR) is 92.3 cm³/mol. The van der Waals surface area contributed by atoms with E-state index in [1.165, 1.54) is 0 Å². The van der Waals surface area contributed by atoms with Gasteiger partial charge in [0.2, 0.25) is 0 Å². The molecule has 24 heavy (non-hydrogen) atoms. The lowest BCUT2D eigenvalue weighted by Gasteiger charge is -2.10. The number of Topliss-reactive ketones (excluding diaryl/α,β-unsaturated/α-hetero) is 1. The fourth-order valence-electron chi connectivity index (χ4n) is 2.37. The molecule has 0 unspecified atom stereocenters. The van der Waals surface area contributed by atoms with Crippen LogP contribution in [0.5, 0.6) is 0 Å². The van der Waals surface area contributed by atoms with Crippen molar-refractivity contribution in [3.05, 3.63) is 65.7 Å². The molecule has 124 valence electrons. The molecule has 0 saturated carbocycles. The Morgan fingerprint density at radius 2 is 1.71 bits per heavy atom. The van der Waals surface area contributed by atoms with E-state index in [2.05, 4.69) is 0 Å². The summed E-state index contributed by atoms with van der Waals surface area (Å²) in [4.78, 5) is 12.3. The Morgan fingerprint density at radius 1 is 1.08 bits per heavy atom. The number of nitriles is 1. The maximum atomic E-state index is 12.4. The van der Waals surface area contributed by atoms with Crippen molar-refractivity contribution in [2.75, 3.05) is 5.75 Å². The lowest BCUT2D eigenvalue weighted by molar-refractivity contribution is 0.0977. The molecular formula is C19H19NO3S. The quantitative estimate of drug-likeness (QED) is 0.722. The predicted octanol–water partition coefficient (Wildman–Crippen LogP) is 3.57. The van der Waals surface area contributed by atoms with Crippen LogP contribution in [0.4, 0.5) is 0 Å². The van der Waals surface area contributed by atoms with Gasteiger partial charge in [-0.1, -0.05) is 48.0 Å². The SMILES string of the molecule is Cc1ccc(S(=O)(=O)C[C@@H](C#N)CCC(=O)c2ccccc2)cc1. The van der Waals surface area contributed by atoms with Gasteiger partial charge in [0, 0.05) is 12.0 Å². The molecule has 5 heteroatoms. The molecule has 0 fully saturated rings. The van der Waals surface area contributed by atoms with Gasteiger partial charge in [0.25, 0.3) is 0 Å². The molecule has 0 N–H and O–H groups in total. The van der Waals surface area contributed by atoms with Gasteiger partial charge in [-0.3, -0.25) is 4.79 Å². The molecule has 4 nitrogen and oxygen atoms in total. The first-order valence-corrected chi connectivity index (χ1v) is 9.35. The summed E-state index contributed by atoms with van der Waals surface area (Å²) in [5.74, 6) is -1.05. The van der Waals surface area contributed by atoms with Crippen LogP contribution in [0.2, 0.25) is 0 Å². The average Bonchev–Trinajstić information content (AvgIpc) is 2.59. The summed E-state index contributed by atoms with van der Waals surface area (Å²) in [5, 5.41) is 9.24. The van der Waals surface area contributed by atoms with E-state index in [1.54, 1.807) is 48.5 Å². The summed E-state index contributed by atoms with van der Waals surface area (Å²) in [7, 11) is -3.53. The maximum absolute atomic E-state index is 12.4. The third-order valence-electron chi connectivity index (χ3n) is 3.80. The summed E-state index contributed by atoms with van der Waals surface area (Å²) in [6, 6.07) is 17.4. The topological polar surface area (TPSA) is 75.0 Å². The second-order valence-corrected chi connectivity index (χ2v) is 7.78. The van der Waals surface area contributed by atoms with E-state index in [0.29, 0.717) is 5.56 Å². The Morgan fingerprint density at radius 3 is 2.29 bits per heavy atom. The van der Waals surface area contributed by atoms with Crippen molar-refractivity contribution < 1.29 is 13.2 Å². The molecule has 2 aromatic carbocycles. The van der Waals surface area contributed by atoms with Crippen molar-refractivity contribution in [3.8, 4) is 6.07 Å². The average molecular weight is 341 g/mol. The van der Waals surface area contributed by atoms with E-state index >= 15 is 0 Å². The Hall–Kier alpha value is -2.45. The first-order chi connectivity index (χ1) is 11.4. The van der Waals surface area contributed by atoms with E-state index in [1.807, 2.05) is 19.1 Å². The summed E-state index contributed by atoms with van der Waals surface area (Å²) >= 11 is 0. The number of carbonyl (C=O) groups excluding carboxylic acids is 1. The monoisotopic (exact) mass is 341 g/mol. The van der Waals surface area contributed by atoms with Crippen molar-refractivity contribution in [1.29, 1.82) is 5.26 Å². The Labute approximate surface area is 142 Å². The first-order valence-electron chi connectivity index (χ1n) is 7.69. The molecule has 2 aromatic rings. The van der Waals surface area contributed by atoms with Gasteiger partial charge in [0.1, 0.15) is 0 Å². The Balaban J connectivity index is 2.00. The molecular weight excluding hydrogens is 322 g/mol. The van der Waals surface area contributed by atoms with Crippen LogP contribution >= 0.6 is 0 Å². The molecule has 0 amide bonds. The molecule has 0 radical (unpaired) electrons. The van der Waals surface area contributed by atoms with Crippen LogP contribution in [0.1, 0.15) is 28.8 Å². The van der Waals surface area contributed by atoms with Gasteiger partial charge in [-0.2, -0.15) is 5.26 Å². The Kier molecular flexibility index (Phi) is 5.88. The minimum Gasteiger partial charge on any atom is -0.294 e. The van der Waals surface area contributed by atoms with Gasteiger partial charge in [0.15, 0.2) is 15.6 Å². The summed E-state index contributed by atoms with van der Waals surface area (Å²) in [5.41, 5.74) is 1.55. The number of aryl methyl sites for hydroxylation is 1. The van der Waals surface area contributed by atoms with Crippen molar-refractivity contribution in [1.82, 2.24) is 0 Å². The van der Waals surface area contributed by atoms with Crippen LogP contribution in [0.25, 0.3) is 0 Å². The zero-order valence-electron chi connectivity index (χ0n) is 13.5. The van der Waals surface area contributed by atoms with Crippen LogP contribution in [0.15, 0.2) is 59.5 Å². The fourth-order valence-corrected chi connectivity index (χ4v) is 3.88. The van der Waals surface area contributed by atoms with E-state index in [-0.39, 0.29) is 29.3 Å². The number of carbonyl (C=O) groups is 1. The lowest BCUT2D eigenvalue weighted by Crippen LogP contribution is -2.16. The number of hydrogen-bond acceptors (Lipinski definition) is 4. The highest BCUT2D eigenvalue weighted by Gasteiger charge is 2.22. The van der Waals surface area contributed by atoms with Gasteiger partial charge < -0.3 is 0 Å². The highest BCUT2D eigenvalue weighted by molar-refractivity contribution is 7.91. The number of sulfone groups is 1. The molecule has 0 heterocycles. The standard InChI is InChI=1S/C19H19NO3S/c1-15-7-10-18(11-8-15)24(22,23)14-16(13-20)9-12-19(21)17-5-3-2-4-6-17/h2-8,10-11,16H,9,12,14H2,1H3/t16-/m1/s1. The number of hydrogen-bond donors (Lipinski definition) is 0. The number of nitrogens with zero attached hydrogens (tertiary/aromatic N) is 1. The van der Waals surface area contributed by atoms with Gasteiger partial charge in [-0.25, -0.2) is 8.42 Å². The summed E-state index contributed by atoms with van der Waals surface area (Å²) in [6.45, 7) is 1.88. The van der Waals surface area contributed by atoms with E-state index in [4.69, 9.17) is 0 Å². The largest absolute Gasteiger partial charge is 0.294 e. The van der Waals surface area contributed by atoms with Crippen LogP contribution in [0.3, 0.4) is 0 Å². The normalized spacial score (nSPS) is 12.3. The fraction of sp³-hybridized carbons (Fsp3) is 0.263. The highest BCUT2D eigenvalue weighted by atomic mass is 32.2. The van der Waals surface area contributed by atoms with E-state index in [9.17, 15) is 18.5 Å². The Bertz CT molecular complexity index is 834. The second-order valence-electron chi connectivity index (χ2n) is 5.75. The molecule has 0 saturated heterocycles. The van der Waals surface area contributed by atoms with Gasteiger partial charge in [-0.15, -0.1) is 0 Å². The zero-order chi connectivity index (χ0) is 17.6. The molecule has 0 aromatic heterocycles. The van der Waals surface area contributed by atoms with Crippen molar-refractivity contribution in [3.63, 3.8) is 0 Å². The molecule has 0 aliphatic carbocycles. The van der Waals surface area contributed by atoms with Crippen LogP contribution in [-0.4, -0.2) is 20.0 Å². The number of ketones is 1. The number of rotatable bonds is 7. The van der Waals surface area contributed by atoms with E-state index in [0.717, 1.165) is 5.56 Å². The molecule has 0 aliphatic rings. The molecule has 1 atom stereocenters. The van der Waals surface area contributed by atoms with Gasteiger partial charge in [-0.05, 0) is 25.5 Å². The molecule has 0 spiro atoms. The van der Waals surface area contributed by atoms with Gasteiger partial charge in [0.05, 0.1) is 22.6 Å². The summed E-state index contributed by atoms with van der Waals surface area (Å²) < 4.78 is 24.8. The third-order valence-corrected chi connectivity index (χ3v) is 5.63. The van der Waals surface area contributed by atoms with Crippen molar-refractivity contribution in [2.24, 2.45) is 5.92 Å². The molecule has 2 rings (SSSR count). The van der Waals surface area contributed by atoms with Crippen molar-refractivity contribution >= 4 is 15.6 Å². The number of benzene rings is 2. The second kappa shape index (κ2) is 7.89. The van der Waals surface area contributed by atoms with Gasteiger partial charge >= 0.3 is 0 Å². The highest BCUT2D eigenvalue weighted by Crippen LogP contribution is 2.18. The van der Waals surface area contributed by atoms with E-state index < -0.39 is 15.8 Å². The minimum atomic E-state index is -3.53. The van der Waals surface area contributed by atoms with Crippen molar-refractivity contribution in [2.45, 2.75) is 24.7 Å². The lowest BCUT2D eigenvalue weighted by atomic mass is 10.0. The maximum Gasteiger partial charge on any atom is 0.179 e. The van der Waals surface area contributed by atoms with Crippen LogP contribution in [0, 0.1) is 24.2 Å².